The number of rotatable bonds is 4. The van der Waals surface area contributed by atoms with E-state index in [0.29, 0.717) is 5.92 Å². The molecule has 1 aliphatic carbocycles. The molecule has 0 spiro atoms. The third-order valence-electron chi connectivity index (χ3n) is 3.98. The quantitative estimate of drug-likeness (QED) is 0.797. The zero-order valence-electron chi connectivity index (χ0n) is 11.2. The highest BCUT2D eigenvalue weighted by atomic mass is 79.9. The van der Waals surface area contributed by atoms with E-state index < -0.39 is 0 Å². The van der Waals surface area contributed by atoms with Gasteiger partial charge in [-0.25, -0.2) is 0 Å². The Morgan fingerprint density at radius 1 is 1.32 bits per heavy atom. The number of hydrogen-bond acceptors (Lipinski definition) is 2. The van der Waals surface area contributed by atoms with Crippen molar-refractivity contribution >= 4 is 31.9 Å². The lowest BCUT2D eigenvalue weighted by Crippen LogP contribution is -2.35. The van der Waals surface area contributed by atoms with Gasteiger partial charge in [-0.2, -0.15) is 0 Å². The SMILES string of the molecule is CC(NCC1CCCCC1O)c1ccc(Br)cc1Br. The first-order valence-corrected chi connectivity index (χ1v) is 8.53. The fraction of sp³-hybridized carbons (Fsp3) is 0.600. The number of aliphatic hydroxyl groups is 1. The molecule has 1 aromatic carbocycles. The molecule has 1 aromatic rings. The van der Waals surface area contributed by atoms with Crippen molar-refractivity contribution in [2.45, 2.75) is 44.8 Å². The first-order valence-electron chi connectivity index (χ1n) is 6.94. The molecule has 0 bridgehead atoms. The van der Waals surface area contributed by atoms with Crippen LogP contribution in [-0.4, -0.2) is 17.8 Å². The molecule has 19 heavy (non-hydrogen) atoms. The summed E-state index contributed by atoms with van der Waals surface area (Å²) in [5, 5.41) is 13.5. The van der Waals surface area contributed by atoms with E-state index >= 15 is 0 Å². The van der Waals surface area contributed by atoms with Crippen LogP contribution in [-0.2, 0) is 0 Å². The third-order valence-corrected chi connectivity index (χ3v) is 5.16. The Hall–Kier alpha value is 0.1000. The van der Waals surface area contributed by atoms with Gasteiger partial charge < -0.3 is 10.4 Å². The molecule has 0 saturated heterocycles. The van der Waals surface area contributed by atoms with Crippen LogP contribution < -0.4 is 5.32 Å². The normalized spacial score (nSPS) is 25.3. The number of benzene rings is 1. The van der Waals surface area contributed by atoms with Crippen molar-refractivity contribution in [3.05, 3.63) is 32.7 Å². The van der Waals surface area contributed by atoms with E-state index in [4.69, 9.17) is 0 Å². The van der Waals surface area contributed by atoms with Crippen LogP contribution in [0, 0.1) is 5.92 Å². The molecule has 0 heterocycles. The van der Waals surface area contributed by atoms with Crippen molar-refractivity contribution < 1.29 is 5.11 Å². The summed E-state index contributed by atoms with van der Waals surface area (Å²) in [5.41, 5.74) is 1.26. The van der Waals surface area contributed by atoms with Gasteiger partial charge in [0.1, 0.15) is 0 Å². The Balaban J connectivity index is 1.91. The maximum absolute atomic E-state index is 9.99. The van der Waals surface area contributed by atoms with Crippen LogP contribution in [0.4, 0.5) is 0 Å². The fourth-order valence-corrected chi connectivity index (χ4v) is 4.11. The highest BCUT2D eigenvalue weighted by molar-refractivity contribution is 9.11. The minimum Gasteiger partial charge on any atom is -0.393 e. The number of hydrogen-bond donors (Lipinski definition) is 2. The predicted molar refractivity (Wildman–Crippen MR) is 86.2 cm³/mol. The lowest BCUT2D eigenvalue weighted by atomic mass is 9.86. The van der Waals surface area contributed by atoms with Gasteiger partial charge in [-0.05, 0) is 43.4 Å². The summed E-state index contributed by atoms with van der Waals surface area (Å²) >= 11 is 7.08. The van der Waals surface area contributed by atoms with Crippen molar-refractivity contribution in [2.75, 3.05) is 6.54 Å². The van der Waals surface area contributed by atoms with Gasteiger partial charge in [-0.15, -0.1) is 0 Å². The summed E-state index contributed by atoms with van der Waals surface area (Å²) in [7, 11) is 0. The van der Waals surface area contributed by atoms with Crippen molar-refractivity contribution in [1.82, 2.24) is 5.32 Å². The van der Waals surface area contributed by atoms with Crippen molar-refractivity contribution in [3.63, 3.8) is 0 Å². The average molecular weight is 391 g/mol. The lowest BCUT2D eigenvalue weighted by molar-refractivity contribution is 0.0684. The maximum Gasteiger partial charge on any atom is 0.0580 e. The Labute approximate surface area is 132 Å². The summed E-state index contributed by atoms with van der Waals surface area (Å²) in [6.07, 6.45) is 4.40. The summed E-state index contributed by atoms with van der Waals surface area (Å²) in [6, 6.07) is 6.55. The molecule has 1 saturated carbocycles. The topological polar surface area (TPSA) is 32.3 Å². The predicted octanol–water partition coefficient (Wildman–Crippen LogP) is 4.41. The molecule has 106 valence electrons. The molecule has 1 aliphatic rings. The number of halogens is 2. The molecule has 3 atom stereocenters. The van der Waals surface area contributed by atoms with E-state index in [0.717, 1.165) is 28.3 Å². The van der Waals surface area contributed by atoms with Gasteiger partial charge in [0.2, 0.25) is 0 Å². The van der Waals surface area contributed by atoms with Crippen LogP contribution in [0.15, 0.2) is 27.1 Å². The van der Waals surface area contributed by atoms with Gasteiger partial charge in [0.25, 0.3) is 0 Å². The average Bonchev–Trinajstić information content (AvgIpc) is 2.37. The monoisotopic (exact) mass is 389 g/mol. The molecule has 0 radical (unpaired) electrons. The Bertz CT molecular complexity index is 425. The van der Waals surface area contributed by atoms with E-state index in [1.165, 1.54) is 18.4 Å². The van der Waals surface area contributed by atoms with Crippen LogP contribution >= 0.6 is 31.9 Å². The first kappa shape index (κ1) is 15.5. The largest absolute Gasteiger partial charge is 0.393 e. The summed E-state index contributed by atoms with van der Waals surface area (Å²) < 4.78 is 2.20. The van der Waals surface area contributed by atoms with E-state index in [9.17, 15) is 5.11 Å². The molecule has 4 heteroatoms. The molecular formula is C15H21Br2NO. The van der Waals surface area contributed by atoms with Crippen molar-refractivity contribution in [3.8, 4) is 0 Å². The molecule has 3 unspecified atom stereocenters. The standard InChI is InChI=1S/C15H21Br2NO/c1-10(13-7-6-12(16)8-14(13)17)18-9-11-4-2-3-5-15(11)19/h6-8,10-11,15,18-19H,2-5,9H2,1H3. The van der Waals surface area contributed by atoms with Crippen LogP contribution in [0.1, 0.15) is 44.2 Å². The van der Waals surface area contributed by atoms with Gasteiger partial charge in [0.05, 0.1) is 6.10 Å². The van der Waals surface area contributed by atoms with Crippen molar-refractivity contribution in [2.24, 2.45) is 5.92 Å². The van der Waals surface area contributed by atoms with Crippen LogP contribution in [0.25, 0.3) is 0 Å². The van der Waals surface area contributed by atoms with Gasteiger partial charge in [0.15, 0.2) is 0 Å². The zero-order chi connectivity index (χ0) is 13.8. The fourth-order valence-electron chi connectivity index (χ4n) is 2.72. The highest BCUT2D eigenvalue weighted by Crippen LogP contribution is 2.28. The van der Waals surface area contributed by atoms with Crippen LogP contribution in [0.2, 0.25) is 0 Å². The Morgan fingerprint density at radius 3 is 2.74 bits per heavy atom. The van der Waals surface area contributed by atoms with E-state index in [1.807, 2.05) is 0 Å². The molecule has 2 rings (SSSR count). The molecule has 0 aromatic heterocycles. The maximum atomic E-state index is 9.99. The van der Waals surface area contributed by atoms with Crippen LogP contribution in [0.3, 0.4) is 0 Å². The molecule has 1 fully saturated rings. The molecule has 0 aliphatic heterocycles. The highest BCUT2D eigenvalue weighted by Gasteiger charge is 2.23. The van der Waals surface area contributed by atoms with Gasteiger partial charge in [-0.1, -0.05) is 50.8 Å². The number of nitrogens with one attached hydrogen (secondary N) is 1. The minimum absolute atomic E-state index is 0.123. The van der Waals surface area contributed by atoms with E-state index in [1.54, 1.807) is 0 Å². The Kier molecular flexibility index (Phi) is 5.87. The van der Waals surface area contributed by atoms with Gasteiger partial charge >= 0.3 is 0 Å². The lowest BCUT2D eigenvalue weighted by Gasteiger charge is -2.29. The summed E-state index contributed by atoms with van der Waals surface area (Å²) in [5.74, 6) is 0.408. The molecular weight excluding hydrogens is 370 g/mol. The van der Waals surface area contributed by atoms with Gasteiger partial charge in [-0.3, -0.25) is 0 Å². The smallest absolute Gasteiger partial charge is 0.0580 e. The second-order valence-electron chi connectivity index (χ2n) is 5.41. The second-order valence-corrected chi connectivity index (χ2v) is 7.18. The molecule has 2 nitrogen and oxygen atoms in total. The van der Waals surface area contributed by atoms with E-state index in [-0.39, 0.29) is 12.1 Å². The van der Waals surface area contributed by atoms with Crippen LogP contribution in [0.5, 0.6) is 0 Å². The third kappa shape index (κ3) is 4.28. The molecule has 2 N–H and O–H groups in total. The van der Waals surface area contributed by atoms with Crippen molar-refractivity contribution in [1.29, 1.82) is 0 Å². The zero-order valence-corrected chi connectivity index (χ0v) is 14.4. The molecule has 0 amide bonds. The van der Waals surface area contributed by atoms with Gasteiger partial charge in [0, 0.05) is 21.5 Å². The first-order chi connectivity index (χ1) is 9.08. The minimum atomic E-state index is -0.123. The van der Waals surface area contributed by atoms with E-state index in [2.05, 4.69) is 62.3 Å². The second kappa shape index (κ2) is 7.21. The summed E-state index contributed by atoms with van der Waals surface area (Å²) in [4.78, 5) is 0. The summed E-state index contributed by atoms with van der Waals surface area (Å²) in [6.45, 7) is 3.06. The Morgan fingerprint density at radius 2 is 2.05 bits per heavy atom. The number of aliphatic hydroxyl groups excluding tert-OH is 1.